The predicted molar refractivity (Wildman–Crippen MR) is 54.5 cm³/mol. The lowest BCUT2D eigenvalue weighted by Crippen LogP contribution is -2.16. The van der Waals surface area contributed by atoms with E-state index in [9.17, 15) is 4.79 Å². The minimum atomic E-state index is -0.872. The highest BCUT2D eigenvalue weighted by atomic mass is 16.5. The molecule has 1 amide bonds. The maximum Gasteiger partial charge on any atom is 0.409 e. The molecule has 15 heavy (non-hydrogen) atoms. The number of hydrogen-bond acceptors (Lipinski definition) is 4. The van der Waals surface area contributed by atoms with E-state index >= 15 is 0 Å². The zero-order valence-corrected chi connectivity index (χ0v) is 8.87. The molecule has 0 fully saturated rings. The molecule has 0 spiro atoms. The van der Waals surface area contributed by atoms with Crippen LogP contribution in [0.2, 0.25) is 0 Å². The van der Waals surface area contributed by atoms with E-state index in [2.05, 4.69) is 0 Å². The summed E-state index contributed by atoms with van der Waals surface area (Å²) in [5.74, 6) is 1.44. The number of rotatable bonds is 3. The van der Waals surface area contributed by atoms with Crippen molar-refractivity contribution in [2.75, 3.05) is 14.2 Å². The lowest BCUT2D eigenvalue weighted by molar-refractivity contribution is 0.210. The molecule has 0 bridgehead atoms. The zero-order chi connectivity index (χ0) is 11.4. The van der Waals surface area contributed by atoms with E-state index in [1.807, 2.05) is 6.92 Å². The fourth-order valence-corrected chi connectivity index (χ4v) is 1.24. The number of ether oxygens (including phenoxy) is 3. The van der Waals surface area contributed by atoms with Crippen molar-refractivity contribution >= 4 is 6.09 Å². The first kappa shape index (κ1) is 11.2. The Morgan fingerprint density at radius 3 is 2.00 bits per heavy atom. The molecule has 0 aromatic heterocycles. The highest BCUT2D eigenvalue weighted by Crippen LogP contribution is 2.32. The number of amides is 1. The van der Waals surface area contributed by atoms with Crippen LogP contribution in [-0.2, 0) is 0 Å². The van der Waals surface area contributed by atoms with E-state index in [1.165, 1.54) is 14.2 Å². The Balaban J connectivity index is 3.14. The van der Waals surface area contributed by atoms with Crippen molar-refractivity contribution in [1.82, 2.24) is 0 Å². The summed E-state index contributed by atoms with van der Waals surface area (Å²) in [5.41, 5.74) is 5.73. The third-order valence-corrected chi connectivity index (χ3v) is 1.94. The smallest absolute Gasteiger partial charge is 0.409 e. The molecule has 1 rings (SSSR count). The van der Waals surface area contributed by atoms with E-state index in [-0.39, 0.29) is 0 Å². The number of methoxy groups -OCH3 is 2. The van der Waals surface area contributed by atoms with E-state index in [0.717, 1.165) is 5.56 Å². The molecule has 82 valence electrons. The minimum Gasteiger partial charge on any atom is -0.496 e. The SMILES string of the molecule is COc1cc(OC(N)=O)cc(OC)c1C. The van der Waals surface area contributed by atoms with E-state index in [1.54, 1.807) is 12.1 Å². The van der Waals surface area contributed by atoms with Gasteiger partial charge in [0.15, 0.2) is 0 Å². The summed E-state index contributed by atoms with van der Waals surface area (Å²) in [6, 6.07) is 3.14. The van der Waals surface area contributed by atoms with Gasteiger partial charge in [-0.15, -0.1) is 0 Å². The van der Waals surface area contributed by atoms with Crippen molar-refractivity contribution in [3.05, 3.63) is 17.7 Å². The fraction of sp³-hybridized carbons (Fsp3) is 0.300. The molecular weight excluding hydrogens is 198 g/mol. The Labute approximate surface area is 87.7 Å². The van der Waals surface area contributed by atoms with Crippen LogP contribution in [0.15, 0.2) is 12.1 Å². The Kier molecular flexibility index (Phi) is 3.38. The normalized spacial score (nSPS) is 9.53. The van der Waals surface area contributed by atoms with Crippen LogP contribution in [-0.4, -0.2) is 20.3 Å². The van der Waals surface area contributed by atoms with E-state index < -0.39 is 6.09 Å². The second-order valence-electron chi connectivity index (χ2n) is 2.87. The van der Waals surface area contributed by atoms with Gasteiger partial charge >= 0.3 is 6.09 Å². The van der Waals surface area contributed by atoms with Gasteiger partial charge in [0, 0.05) is 17.7 Å². The second kappa shape index (κ2) is 4.54. The number of hydrogen-bond donors (Lipinski definition) is 1. The number of primary amides is 1. The molecule has 0 aliphatic carbocycles. The fourth-order valence-electron chi connectivity index (χ4n) is 1.24. The van der Waals surface area contributed by atoms with E-state index in [4.69, 9.17) is 19.9 Å². The van der Waals surface area contributed by atoms with Gasteiger partial charge < -0.3 is 19.9 Å². The monoisotopic (exact) mass is 211 g/mol. The van der Waals surface area contributed by atoms with Crippen molar-refractivity contribution in [2.45, 2.75) is 6.92 Å². The third-order valence-electron chi connectivity index (χ3n) is 1.94. The zero-order valence-electron chi connectivity index (χ0n) is 8.87. The van der Waals surface area contributed by atoms with Crippen LogP contribution in [0.1, 0.15) is 5.56 Å². The molecule has 0 aliphatic rings. The minimum absolute atomic E-state index is 0.293. The Morgan fingerprint density at radius 2 is 1.67 bits per heavy atom. The Hall–Kier alpha value is -1.91. The summed E-state index contributed by atoms with van der Waals surface area (Å²) in [6.07, 6.45) is -0.872. The van der Waals surface area contributed by atoms with Crippen molar-refractivity contribution < 1.29 is 19.0 Å². The number of carbonyl (C=O) groups is 1. The van der Waals surface area contributed by atoms with Gasteiger partial charge in [-0.2, -0.15) is 0 Å². The van der Waals surface area contributed by atoms with Crippen LogP contribution in [0.5, 0.6) is 17.2 Å². The standard InChI is InChI=1S/C10H13NO4/c1-6-8(13-2)4-7(15-10(11)12)5-9(6)14-3/h4-5H,1-3H3,(H2,11,12). The van der Waals surface area contributed by atoms with Gasteiger partial charge in [0.05, 0.1) is 14.2 Å². The molecule has 0 heterocycles. The molecule has 1 aromatic rings. The van der Waals surface area contributed by atoms with Gasteiger partial charge in [-0.1, -0.05) is 0 Å². The maximum atomic E-state index is 10.6. The number of nitrogens with two attached hydrogens (primary N) is 1. The first-order valence-corrected chi connectivity index (χ1v) is 4.28. The average Bonchev–Trinajstić information content (AvgIpc) is 2.19. The number of carbonyl (C=O) groups excluding carboxylic acids is 1. The first-order valence-electron chi connectivity index (χ1n) is 4.28. The quantitative estimate of drug-likeness (QED) is 0.821. The van der Waals surface area contributed by atoms with Crippen LogP contribution in [0.4, 0.5) is 4.79 Å². The van der Waals surface area contributed by atoms with Gasteiger partial charge in [0.2, 0.25) is 0 Å². The first-order chi connectivity index (χ1) is 7.08. The maximum absolute atomic E-state index is 10.6. The largest absolute Gasteiger partial charge is 0.496 e. The van der Waals surface area contributed by atoms with Crippen molar-refractivity contribution in [3.63, 3.8) is 0 Å². The summed E-state index contributed by atoms with van der Waals surface area (Å²) in [6.45, 7) is 1.84. The molecular formula is C10H13NO4. The van der Waals surface area contributed by atoms with Gasteiger partial charge in [-0.25, -0.2) is 4.79 Å². The summed E-state index contributed by atoms with van der Waals surface area (Å²) in [4.78, 5) is 10.6. The van der Waals surface area contributed by atoms with Crippen LogP contribution < -0.4 is 19.9 Å². The van der Waals surface area contributed by atoms with Gasteiger partial charge in [0.1, 0.15) is 17.2 Å². The molecule has 0 radical (unpaired) electrons. The predicted octanol–water partition coefficient (Wildman–Crippen LogP) is 1.47. The third kappa shape index (κ3) is 2.52. The van der Waals surface area contributed by atoms with Gasteiger partial charge in [-0.3, -0.25) is 0 Å². The lowest BCUT2D eigenvalue weighted by Gasteiger charge is -2.11. The van der Waals surface area contributed by atoms with Gasteiger partial charge in [-0.05, 0) is 6.92 Å². The average molecular weight is 211 g/mol. The van der Waals surface area contributed by atoms with Crippen LogP contribution in [0.3, 0.4) is 0 Å². The van der Waals surface area contributed by atoms with Crippen molar-refractivity contribution in [2.24, 2.45) is 5.73 Å². The molecule has 0 aliphatic heterocycles. The Morgan fingerprint density at radius 1 is 1.20 bits per heavy atom. The Bertz CT molecular complexity index is 351. The van der Waals surface area contributed by atoms with Crippen molar-refractivity contribution in [1.29, 1.82) is 0 Å². The molecule has 0 saturated carbocycles. The van der Waals surface area contributed by atoms with Crippen LogP contribution in [0.25, 0.3) is 0 Å². The van der Waals surface area contributed by atoms with Gasteiger partial charge in [0.25, 0.3) is 0 Å². The highest BCUT2D eigenvalue weighted by molar-refractivity contribution is 5.69. The summed E-state index contributed by atoms with van der Waals surface area (Å²) in [5, 5.41) is 0. The van der Waals surface area contributed by atoms with Crippen LogP contribution in [0, 0.1) is 6.92 Å². The molecule has 1 aromatic carbocycles. The lowest BCUT2D eigenvalue weighted by atomic mass is 10.2. The van der Waals surface area contributed by atoms with E-state index in [0.29, 0.717) is 17.2 Å². The van der Waals surface area contributed by atoms with Crippen molar-refractivity contribution in [3.8, 4) is 17.2 Å². The molecule has 5 nitrogen and oxygen atoms in total. The second-order valence-corrected chi connectivity index (χ2v) is 2.87. The summed E-state index contributed by atoms with van der Waals surface area (Å²) in [7, 11) is 3.05. The molecule has 0 saturated heterocycles. The highest BCUT2D eigenvalue weighted by Gasteiger charge is 2.10. The summed E-state index contributed by atoms with van der Waals surface area (Å²) < 4.78 is 14.9. The topological polar surface area (TPSA) is 70.8 Å². The molecule has 2 N–H and O–H groups in total. The summed E-state index contributed by atoms with van der Waals surface area (Å²) >= 11 is 0. The van der Waals surface area contributed by atoms with Crippen LogP contribution >= 0.6 is 0 Å². The molecule has 0 unspecified atom stereocenters. The number of benzene rings is 1. The molecule has 0 atom stereocenters. The molecule has 5 heteroatoms.